The minimum absolute atomic E-state index is 0.436. The molecule has 1 N–H and O–H groups in total. The van der Waals surface area contributed by atoms with Gasteiger partial charge in [0, 0.05) is 16.1 Å². The highest BCUT2D eigenvalue weighted by Gasteiger charge is 2.01. The summed E-state index contributed by atoms with van der Waals surface area (Å²) in [5, 5.41) is 8.67. The average molecular weight is 333 g/mol. The lowest BCUT2D eigenvalue weighted by Crippen LogP contribution is -1.97. The first-order chi connectivity index (χ1) is 9.65. The second-order valence-corrected chi connectivity index (χ2v) is 5.04. The van der Waals surface area contributed by atoms with Gasteiger partial charge in [-0.1, -0.05) is 46.3 Å². The Morgan fingerprint density at radius 2 is 1.85 bits per heavy atom. The monoisotopic (exact) mass is 332 g/mol. The first-order valence-electron chi connectivity index (χ1n) is 6.02. The molecule has 0 aliphatic rings. The molecule has 20 heavy (non-hydrogen) atoms. The number of carbonyl (C=O) groups is 1. The van der Waals surface area contributed by atoms with Crippen LogP contribution in [-0.2, 0) is 11.4 Å². The number of benzene rings is 2. The third kappa shape index (κ3) is 4.24. The molecule has 4 heteroatoms. The fourth-order valence-corrected chi connectivity index (χ4v) is 1.92. The Kier molecular flexibility index (Phi) is 4.96. The maximum absolute atomic E-state index is 10.6. The molecule has 3 nitrogen and oxygen atoms in total. The Labute approximate surface area is 125 Å². The minimum atomic E-state index is -0.979. The van der Waals surface area contributed by atoms with E-state index in [1.165, 1.54) is 6.08 Å². The Bertz CT molecular complexity index is 618. The van der Waals surface area contributed by atoms with Crippen molar-refractivity contribution in [3.8, 4) is 5.75 Å². The van der Waals surface area contributed by atoms with Gasteiger partial charge in [0.1, 0.15) is 12.4 Å². The van der Waals surface area contributed by atoms with Crippen molar-refractivity contribution < 1.29 is 14.6 Å². The summed E-state index contributed by atoms with van der Waals surface area (Å²) < 4.78 is 6.76. The van der Waals surface area contributed by atoms with Gasteiger partial charge < -0.3 is 9.84 Å². The predicted octanol–water partition coefficient (Wildman–Crippen LogP) is 4.13. The van der Waals surface area contributed by atoms with E-state index >= 15 is 0 Å². The highest BCUT2D eigenvalue weighted by atomic mass is 79.9. The van der Waals surface area contributed by atoms with Gasteiger partial charge in [-0.05, 0) is 29.8 Å². The minimum Gasteiger partial charge on any atom is -0.488 e. The molecule has 0 amide bonds. The van der Waals surface area contributed by atoms with E-state index in [1.54, 1.807) is 0 Å². The Morgan fingerprint density at radius 1 is 1.15 bits per heavy atom. The highest BCUT2D eigenvalue weighted by Crippen LogP contribution is 2.21. The van der Waals surface area contributed by atoms with Gasteiger partial charge in [0.05, 0.1) is 0 Å². The summed E-state index contributed by atoms with van der Waals surface area (Å²) in [4.78, 5) is 10.6. The third-order valence-corrected chi connectivity index (χ3v) is 3.16. The van der Waals surface area contributed by atoms with Crippen LogP contribution in [0.15, 0.2) is 59.1 Å². The van der Waals surface area contributed by atoms with Gasteiger partial charge >= 0.3 is 5.97 Å². The van der Waals surface area contributed by atoms with E-state index in [9.17, 15) is 4.79 Å². The van der Waals surface area contributed by atoms with Crippen molar-refractivity contribution in [3.63, 3.8) is 0 Å². The number of hydrogen-bond donors (Lipinski definition) is 1. The zero-order chi connectivity index (χ0) is 14.4. The molecule has 0 radical (unpaired) electrons. The van der Waals surface area contributed by atoms with Crippen molar-refractivity contribution in [1.82, 2.24) is 0 Å². The third-order valence-electron chi connectivity index (χ3n) is 2.63. The molecule has 0 atom stereocenters. The topological polar surface area (TPSA) is 46.5 Å². The molecule has 0 aromatic heterocycles. The van der Waals surface area contributed by atoms with Gasteiger partial charge in [-0.2, -0.15) is 0 Å². The Hall–Kier alpha value is -2.07. The smallest absolute Gasteiger partial charge is 0.328 e. The van der Waals surface area contributed by atoms with Crippen LogP contribution in [0, 0.1) is 0 Å². The van der Waals surface area contributed by atoms with E-state index < -0.39 is 5.97 Å². The molecule has 0 fully saturated rings. The summed E-state index contributed by atoms with van der Waals surface area (Å²) in [6.45, 7) is 0.436. The predicted molar refractivity (Wildman–Crippen MR) is 81.6 cm³/mol. The van der Waals surface area contributed by atoms with Crippen LogP contribution in [-0.4, -0.2) is 11.1 Å². The van der Waals surface area contributed by atoms with E-state index in [-0.39, 0.29) is 0 Å². The summed E-state index contributed by atoms with van der Waals surface area (Å²) in [5.41, 5.74) is 1.79. The Morgan fingerprint density at radius 3 is 2.55 bits per heavy atom. The molecule has 0 spiro atoms. The molecule has 0 bridgehead atoms. The normalized spacial score (nSPS) is 10.7. The number of carboxylic acids is 1. The van der Waals surface area contributed by atoms with E-state index in [4.69, 9.17) is 9.84 Å². The Balaban J connectivity index is 2.09. The molecule has 0 saturated heterocycles. The van der Waals surface area contributed by atoms with E-state index in [0.717, 1.165) is 21.7 Å². The number of rotatable bonds is 5. The number of para-hydroxylation sites is 1. The summed E-state index contributed by atoms with van der Waals surface area (Å²) in [5.74, 6) is -0.319. The van der Waals surface area contributed by atoms with Crippen molar-refractivity contribution in [2.24, 2.45) is 0 Å². The lowest BCUT2D eigenvalue weighted by Gasteiger charge is -2.09. The number of hydrogen-bond acceptors (Lipinski definition) is 2. The van der Waals surface area contributed by atoms with Crippen LogP contribution in [0.1, 0.15) is 11.1 Å². The van der Waals surface area contributed by atoms with Crippen LogP contribution in [0.4, 0.5) is 0 Å². The van der Waals surface area contributed by atoms with Crippen LogP contribution in [0.2, 0.25) is 0 Å². The maximum Gasteiger partial charge on any atom is 0.328 e. The molecule has 0 saturated carbocycles. The van der Waals surface area contributed by atoms with Crippen LogP contribution in [0.3, 0.4) is 0 Å². The molecule has 102 valence electrons. The second kappa shape index (κ2) is 6.91. The number of carboxylic acid groups (broad SMARTS) is 1. The van der Waals surface area contributed by atoms with Gasteiger partial charge in [0.25, 0.3) is 0 Å². The van der Waals surface area contributed by atoms with E-state index in [2.05, 4.69) is 15.9 Å². The quantitative estimate of drug-likeness (QED) is 0.837. The van der Waals surface area contributed by atoms with Gasteiger partial charge in [-0.3, -0.25) is 0 Å². The summed E-state index contributed by atoms with van der Waals surface area (Å²) in [6.07, 6.45) is 2.63. The molecular formula is C16H13BrO3. The number of aliphatic carboxylic acids is 1. The first-order valence-corrected chi connectivity index (χ1v) is 6.82. The molecule has 0 aliphatic carbocycles. The van der Waals surface area contributed by atoms with Crippen molar-refractivity contribution in [2.45, 2.75) is 6.61 Å². The lowest BCUT2D eigenvalue weighted by atomic mass is 10.2. The molecule has 2 aromatic carbocycles. The van der Waals surface area contributed by atoms with E-state index in [0.29, 0.717) is 12.4 Å². The zero-order valence-electron chi connectivity index (χ0n) is 10.6. The maximum atomic E-state index is 10.6. The van der Waals surface area contributed by atoms with Crippen molar-refractivity contribution in [2.75, 3.05) is 0 Å². The molecular weight excluding hydrogens is 320 g/mol. The fourth-order valence-electron chi connectivity index (χ4n) is 1.65. The summed E-state index contributed by atoms with van der Waals surface area (Å²) in [6, 6.07) is 15.2. The van der Waals surface area contributed by atoms with Gasteiger partial charge in [0.2, 0.25) is 0 Å². The van der Waals surface area contributed by atoms with Crippen molar-refractivity contribution >= 4 is 28.0 Å². The molecule has 0 aliphatic heterocycles. The number of ether oxygens (including phenoxy) is 1. The average Bonchev–Trinajstić information content (AvgIpc) is 2.45. The zero-order valence-corrected chi connectivity index (χ0v) is 12.2. The molecule has 0 unspecified atom stereocenters. The van der Waals surface area contributed by atoms with Crippen LogP contribution >= 0.6 is 15.9 Å². The van der Waals surface area contributed by atoms with Crippen LogP contribution in [0.25, 0.3) is 6.08 Å². The van der Waals surface area contributed by atoms with Gasteiger partial charge in [0.15, 0.2) is 0 Å². The van der Waals surface area contributed by atoms with Crippen LogP contribution < -0.4 is 4.74 Å². The summed E-state index contributed by atoms with van der Waals surface area (Å²) in [7, 11) is 0. The van der Waals surface area contributed by atoms with Gasteiger partial charge in [-0.25, -0.2) is 4.79 Å². The molecule has 2 aromatic rings. The first kappa shape index (κ1) is 14.3. The summed E-state index contributed by atoms with van der Waals surface area (Å²) >= 11 is 3.38. The van der Waals surface area contributed by atoms with Gasteiger partial charge in [-0.15, -0.1) is 0 Å². The lowest BCUT2D eigenvalue weighted by molar-refractivity contribution is -0.131. The molecule has 0 heterocycles. The second-order valence-electron chi connectivity index (χ2n) is 4.12. The van der Waals surface area contributed by atoms with Crippen molar-refractivity contribution in [3.05, 3.63) is 70.2 Å². The van der Waals surface area contributed by atoms with E-state index in [1.807, 2.05) is 48.5 Å². The largest absolute Gasteiger partial charge is 0.488 e. The number of halogens is 1. The molecule has 2 rings (SSSR count). The van der Waals surface area contributed by atoms with Crippen LogP contribution in [0.5, 0.6) is 5.75 Å². The van der Waals surface area contributed by atoms with Crippen molar-refractivity contribution in [1.29, 1.82) is 0 Å². The SMILES string of the molecule is O=C(O)C=Cc1ccccc1OCc1ccc(Br)cc1. The highest BCUT2D eigenvalue weighted by molar-refractivity contribution is 9.10. The standard InChI is InChI=1S/C16H13BrO3/c17-14-8-5-12(6-9-14)11-20-15-4-2-1-3-13(15)7-10-16(18)19/h1-10H,11H2,(H,18,19). The fraction of sp³-hybridized carbons (Fsp3) is 0.0625.